The number of amides is 1. The van der Waals surface area contributed by atoms with Crippen LogP contribution < -0.4 is 4.74 Å². The number of unbranched alkanes of at least 4 members (excludes halogenated alkanes) is 2. The van der Waals surface area contributed by atoms with Crippen LogP contribution in [0.2, 0.25) is 0 Å². The van der Waals surface area contributed by atoms with Crippen molar-refractivity contribution in [2.75, 3.05) is 13.7 Å². The molecule has 2 aromatic rings. The van der Waals surface area contributed by atoms with Gasteiger partial charge in [-0.1, -0.05) is 49.0 Å². The van der Waals surface area contributed by atoms with E-state index >= 15 is 0 Å². The van der Waals surface area contributed by atoms with E-state index in [2.05, 4.69) is 24.3 Å². The molecule has 0 radical (unpaired) electrons. The van der Waals surface area contributed by atoms with Crippen LogP contribution in [0.25, 0.3) is 16.5 Å². The molecule has 0 spiro atoms. The second-order valence-electron chi connectivity index (χ2n) is 9.56. The van der Waals surface area contributed by atoms with Crippen molar-refractivity contribution in [1.29, 1.82) is 0 Å². The summed E-state index contributed by atoms with van der Waals surface area (Å²) in [7, 11) is 1.68. The van der Waals surface area contributed by atoms with Gasteiger partial charge in [0.1, 0.15) is 10.1 Å². The van der Waals surface area contributed by atoms with Crippen molar-refractivity contribution in [2.24, 2.45) is 11.8 Å². The first-order valence-electron chi connectivity index (χ1n) is 12.2. The summed E-state index contributed by atoms with van der Waals surface area (Å²) in [4.78, 5) is 18.5. The summed E-state index contributed by atoms with van der Waals surface area (Å²) in [5.41, 5.74) is 2.38. The monoisotopic (exact) mass is 513 g/mol. The molecular weight excluding hydrogens is 483 g/mol. The lowest BCUT2D eigenvalue weighted by Crippen LogP contribution is -2.41. The van der Waals surface area contributed by atoms with Gasteiger partial charge in [0.25, 0.3) is 5.91 Å². The number of thiophene rings is 1. The van der Waals surface area contributed by atoms with E-state index in [0.717, 1.165) is 63.4 Å². The van der Waals surface area contributed by atoms with E-state index in [0.29, 0.717) is 12.0 Å². The van der Waals surface area contributed by atoms with E-state index in [1.165, 1.54) is 41.5 Å². The Bertz CT molecular complexity index is 1110. The lowest BCUT2D eigenvalue weighted by atomic mass is 9.94. The molecule has 34 heavy (non-hydrogen) atoms. The molecule has 180 valence electrons. The summed E-state index contributed by atoms with van der Waals surface area (Å²) >= 11 is 8.89. The van der Waals surface area contributed by atoms with E-state index in [1.807, 2.05) is 17.0 Å². The van der Waals surface area contributed by atoms with E-state index in [-0.39, 0.29) is 12.5 Å². The molecule has 1 aromatic heterocycles. The highest BCUT2D eigenvalue weighted by Crippen LogP contribution is 2.49. The quantitative estimate of drug-likeness (QED) is 0.235. The zero-order chi connectivity index (χ0) is 23.7. The molecule has 1 amide bonds. The minimum absolute atomic E-state index is 0.0927. The van der Waals surface area contributed by atoms with Crippen LogP contribution in [0.4, 0.5) is 0 Å². The maximum absolute atomic E-state index is 13.5. The SMILES string of the molecule is COc1cccc(-c2cc(CCCCCO)c(C=C3SC(=S)N(C4CC5CCC4C5)C3=O)s2)c1. The van der Waals surface area contributed by atoms with Gasteiger partial charge in [0.2, 0.25) is 0 Å². The fraction of sp³-hybridized carbons (Fsp3) is 0.481. The molecule has 2 saturated carbocycles. The molecule has 1 aromatic carbocycles. The van der Waals surface area contributed by atoms with Crippen LogP contribution in [-0.2, 0) is 11.2 Å². The van der Waals surface area contributed by atoms with Crippen molar-refractivity contribution in [3.05, 3.63) is 45.7 Å². The fourth-order valence-corrected chi connectivity index (χ4v) is 8.28. The lowest BCUT2D eigenvalue weighted by molar-refractivity contribution is -0.124. The Kier molecular flexibility index (Phi) is 7.44. The standard InChI is InChI=1S/C27H31NO3S3/c1-31-21-8-5-7-19(14-21)23-15-20(6-3-2-4-11-29)24(33-23)16-25-26(30)28(27(32)34-25)22-13-17-9-10-18(22)12-17/h5,7-8,14-18,22,29H,2-4,6,9-13H2,1H3. The highest BCUT2D eigenvalue weighted by molar-refractivity contribution is 8.26. The van der Waals surface area contributed by atoms with Crippen molar-refractivity contribution >= 4 is 51.6 Å². The van der Waals surface area contributed by atoms with Crippen molar-refractivity contribution in [3.63, 3.8) is 0 Å². The molecular formula is C27H31NO3S3. The second kappa shape index (κ2) is 10.5. The number of benzene rings is 1. The summed E-state index contributed by atoms with van der Waals surface area (Å²) in [6.07, 6.45) is 10.7. The van der Waals surface area contributed by atoms with Crippen LogP contribution in [0, 0.1) is 11.8 Å². The van der Waals surface area contributed by atoms with Crippen LogP contribution in [0.5, 0.6) is 5.75 Å². The number of nitrogens with zero attached hydrogens (tertiary/aromatic N) is 1. The number of ether oxygens (including phenoxy) is 1. The van der Waals surface area contributed by atoms with Gasteiger partial charge in [-0.15, -0.1) is 11.3 Å². The van der Waals surface area contributed by atoms with Gasteiger partial charge in [-0.3, -0.25) is 9.69 Å². The smallest absolute Gasteiger partial charge is 0.266 e. The molecule has 2 bridgehead atoms. The Labute approximate surface area is 215 Å². The predicted octanol–water partition coefficient (Wildman–Crippen LogP) is 6.52. The molecule has 1 saturated heterocycles. The number of carbonyl (C=O) groups excluding carboxylic acids is 1. The van der Waals surface area contributed by atoms with Gasteiger partial charge in [0.15, 0.2) is 0 Å². The van der Waals surface area contributed by atoms with Gasteiger partial charge in [-0.25, -0.2) is 0 Å². The Hall–Kier alpha value is -1.67. The van der Waals surface area contributed by atoms with Crippen molar-refractivity contribution in [1.82, 2.24) is 4.90 Å². The van der Waals surface area contributed by atoms with E-state index in [1.54, 1.807) is 18.4 Å². The topological polar surface area (TPSA) is 49.8 Å². The molecule has 3 fully saturated rings. The Morgan fingerprint density at radius 2 is 2.09 bits per heavy atom. The molecule has 1 N–H and O–H groups in total. The number of thiocarbonyl (C=S) groups is 1. The first-order valence-corrected chi connectivity index (χ1v) is 14.3. The molecule has 7 heteroatoms. The first kappa shape index (κ1) is 24.0. The summed E-state index contributed by atoms with van der Waals surface area (Å²) in [5.74, 6) is 2.32. The summed E-state index contributed by atoms with van der Waals surface area (Å²) in [6.45, 7) is 0.233. The number of thioether (sulfide) groups is 1. The van der Waals surface area contributed by atoms with Gasteiger partial charge in [-0.05, 0) is 85.8 Å². The number of aryl methyl sites for hydroxylation is 1. The number of methoxy groups -OCH3 is 1. The molecule has 3 aliphatic rings. The van der Waals surface area contributed by atoms with Crippen LogP contribution >= 0.6 is 35.3 Å². The minimum atomic E-state index is 0.0927. The average molecular weight is 514 g/mol. The zero-order valence-corrected chi connectivity index (χ0v) is 21.9. The Morgan fingerprint density at radius 3 is 2.82 bits per heavy atom. The van der Waals surface area contributed by atoms with Crippen LogP contribution in [0.3, 0.4) is 0 Å². The third-order valence-electron chi connectivity index (χ3n) is 7.42. The van der Waals surface area contributed by atoms with Crippen molar-refractivity contribution in [2.45, 2.75) is 57.4 Å². The van der Waals surface area contributed by atoms with E-state index < -0.39 is 0 Å². The molecule has 2 aliphatic carbocycles. The fourth-order valence-electron chi connectivity index (χ4n) is 5.70. The van der Waals surface area contributed by atoms with Gasteiger partial charge in [0.05, 0.1) is 12.0 Å². The van der Waals surface area contributed by atoms with Gasteiger partial charge >= 0.3 is 0 Å². The maximum atomic E-state index is 13.5. The average Bonchev–Trinajstić information content (AvgIpc) is 3.62. The number of hydrogen-bond acceptors (Lipinski definition) is 6. The molecule has 4 nitrogen and oxygen atoms in total. The maximum Gasteiger partial charge on any atom is 0.266 e. The first-order chi connectivity index (χ1) is 16.6. The van der Waals surface area contributed by atoms with Crippen molar-refractivity contribution in [3.8, 4) is 16.2 Å². The summed E-state index contributed by atoms with van der Waals surface area (Å²) in [5, 5.41) is 9.14. The minimum Gasteiger partial charge on any atom is -0.497 e. The van der Waals surface area contributed by atoms with E-state index in [4.69, 9.17) is 22.1 Å². The van der Waals surface area contributed by atoms with Crippen molar-refractivity contribution < 1.29 is 14.6 Å². The highest BCUT2D eigenvalue weighted by Gasteiger charge is 2.48. The van der Waals surface area contributed by atoms with Crippen LogP contribution in [0.1, 0.15) is 55.4 Å². The largest absolute Gasteiger partial charge is 0.497 e. The van der Waals surface area contributed by atoms with Gasteiger partial charge < -0.3 is 9.84 Å². The lowest BCUT2D eigenvalue weighted by Gasteiger charge is -2.30. The van der Waals surface area contributed by atoms with Crippen LogP contribution in [0.15, 0.2) is 35.2 Å². The zero-order valence-electron chi connectivity index (χ0n) is 19.5. The van der Waals surface area contributed by atoms with Gasteiger partial charge in [0, 0.05) is 22.4 Å². The normalized spacial score (nSPS) is 25.2. The highest BCUT2D eigenvalue weighted by atomic mass is 32.2. The number of aliphatic hydroxyl groups excluding tert-OH is 1. The number of aliphatic hydroxyl groups is 1. The third-order valence-corrected chi connectivity index (χ3v) is 9.92. The summed E-state index contributed by atoms with van der Waals surface area (Å²) in [6, 6.07) is 10.7. The third kappa shape index (κ3) is 4.85. The van der Waals surface area contributed by atoms with Gasteiger partial charge in [-0.2, -0.15) is 0 Å². The number of fused-ring (bicyclic) bond motifs is 2. The Morgan fingerprint density at radius 1 is 1.21 bits per heavy atom. The van der Waals surface area contributed by atoms with Crippen LogP contribution in [-0.4, -0.2) is 40.0 Å². The summed E-state index contributed by atoms with van der Waals surface area (Å²) < 4.78 is 6.15. The molecule has 3 atom stereocenters. The molecule has 3 unspecified atom stereocenters. The Balaban J connectivity index is 1.42. The van der Waals surface area contributed by atoms with E-state index in [9.17, 15) is 4.79 Å². The molecule has 5 rings (SSSR count). The second-order valence-corrected chi connectivity index (χ2v) is 12.3. The predicted molar refractivity (Wildman–Crippen MR) is 145 cm³/mol. The number of hydrogen-bond donors (Lipinski definition) is 1. The number of carbonyl (C=O) groups is 1. The molecule has 1 aliphatic heterocycles. The molecule has 2 heterocycles. The number of rotatable bonds is 9.